The SMILES string of the molecule is C=COCCOCCOC(=O)c1ccc(N=Nc2ccc(C(=O)OCCOCCOC=C)cc2)cc1. The lowest BCUT2D eigenvalue weighted by atomic mass is 10.2. The third-order valence-electron chi connectivity index (χ3n) is 4.34. The molecule has 0 N–H and O–H groups in total. The Morgan fingerprint density at radius 2 is 0.944 bits per heavy atom. The summed E-state index contributed by atoms with van der Waals surface area (Å²) in [4.78, 5) is 24.1. The predicted molar refractivity (Wildman–Crippen MR) is 132 cm³/mol. The summed E-state index contributed by atoms with van der Waals surface area (Å²) in [6.07, 6.45) is 2.68. The second kappa shape index (κ2) is 17.4. The van der Waals surface area contributed by atoms with Crippen molar-refractivity contribution in [2.24, 2.45) is 10.2 Å². The van der Waals surface area contributed by atoms with E-state index in [1.807, 2.05) is 0 Å². The third kappa shape index (κ3) is 11.4. The Kier molecular flexibility index (Phi) is 13.7. The first-order valence-electron chi connectivity index (χ1n) is 11.2. The Labute approximate surface area is 210 Å². The monoisotopic (exact) mass is 498 g/mol. The van der Waals surface area contributed by atoms with Crippen LogP contribution >= 0.6 is 0 Å². The summed E-state index contributed by atoms with van der Waals surface area (Å²) in [7, 11) is 0. The van der Waals surface area contributed by atoms with Crippen molar-refractivity contribution in [3.63, 3.8) is 0 Å². The van der Waals surface area contributed by atoms with Crippen LogP contribution < -0.4 is 0 Å². The van der Waals surface area contributed by atoms with Crippen LogP contribution in [0.5, 0.6) is 0 Å². The number of benzene rings is 2. The van der Waals surface area contributed by atoms with E-state index < -0.39 is 11.9 Å². The fourth-order valence-electron chi connectivity index (χ4n) is 2.58. The highest BCUT2D eigenvalue weighted by Crippen LogP contribution is 2.20. The molecule has 2 aromatic rings. The van der Waals surface area contributed by atoms with E-state index in [9.17, 15) is 9.59 Å². The number of carbonyl (C=O) groups excluding carboxylic acids is 2. The molecule has 0 aliphatic heterocycles. The lowest BCUT2D eigenvalue weighted by molar-refractivity contribution is 0.0241. The van der Waals surface area contributed by atoms with Crippen molar-refractivity contribution in [3.05, 3.63) is 85.3 Å². The normalized spacial score (nSPS) is 10.6. The molecule has 0 saturated carbocycles. The fourth-order valence-corrected chi connectivity index (χ4v) is 2.58. The fraction of sp³-hybridized carbons (Fsp3) is 0.308. The van der Waals surface area contributed by atoms with Crippen LogP contribution in [-0.2, 0) is 28.4 Å². The Bertz CT molecular complexity index is 895. The van der Waals surface area contributed by atoms with Crippen LogP contribution in [0.15, 0.2) is 84.4 Å². The number of azo groups is 1. The van der Waals surface area contributed by atoms with E-state index in [4.69, 9.17) is 28.4 Å². The zero-order chi connectivity index (χ0) is 25.8. The Balaban J connectivity index is 1.71. The van der Waals surface area contributed by atoms with Crippen molar-refractivity contribution in [2.75, 3.05) is 52.9 Å². The van der Waals surface area contributed by atoms with Crippen LogP contribution in [0, 0.1) is 0 Å². The average molecular weight is 499 g/mol. The molecule has 10 nitrogen and oxygen atoms in total. The van der Waals surface area contributed by atoms with Gasteiger partial charge in [-0.15, -0.1) is 0 Å². The summed E-state index contributed by atoms with van der Waals surface area (Å²) in [5, 5.41) is 8.28. The molecule has 2 rings (SSSR count). The van der Waals surface area contributed by atoms with Gasteiger partial charge in [0.15, 0.2) is 0 Å². The van der Waals surface area contributed by atoms with Crippen molar-refractivity contribution in [2.45, 2.75) is 0 Å². The topological polar surface area (TPSA) is 114 Å². The molecule has 36 heavy (non-hydrogen) atoms. The summed E-state index contributed by atoms with van der Waals surface area (Å²) in [5.41, 5.74) is 1.89. The molecule has 0 saturated heterocycles. The van der Waals surface area contributed by atoms with Gasteiger partial charge in [-0.2, -0.15) is 10.2 Å². The molecule has 2 aromatic carbocycles. The van der Waals surface area contributed by atoms with E-state index in [0.29, 0.717) is 48.9 Å². The lowest BCUT2D eigenvalue weighted by Gasteiger charge is -2.06. The highest BCUT2D eigenvalue weighted by atomic mass is 16.6. The van der Waals surface area contributed by atoms with E-state index in [2.05, 4.69) is 23.4 Å². The third-order valence-corrected chi connectivity index (χ3v) is 4.34. The zero-order valence-electron chi connectivity index (χ0n) is 20.0. The molecule has 0 atom stereocenters. The summed E-state index contributed by atoms with van der Waals surface area (Å²) >= 11 is 0. The molecule has 0 bridgehead atoms. The smallest absolute Gasteiger partial charge is 0.338 e. The van der Waals surface area contributed by atoms with Gasteiger partial charge < -0.3 is 28.4 Å². The molecule has 0 unspecified atom stereocenters. The van der Waals surface area contributed by atoms with Crippen LogP contribution in [0.4, 0.5) is 11.4 Å². The molecule has 0 amide bonds. The number of hydrogen-bond donors (Lipinski definition) is 0. The molecule has 0 aliphatic carbocycles. The van der Waals surface area contributed by atoms with Gasteiger partial charge in [-0.3, -0.25) is 0 Å². The summed E-state index contributed by atoms with van der Waals surface area (Å²) in [5.74, 6) is -0.916. The highest BCUT2D eigenvalue weighted by Gasteiger charge is 2.08. The largest absolute Gasteiger partial charge is 0.499 e. The van der Waals surface area contributed by atoms with Gasteiger partial charge in [0.1, 0.15) is 26.4 Å². The number of hydrogen-bond acceptors (Lipinski definition) is 10. The van der Waals surface area contributed by atoms with Gasteiger partial charge in [0.2, 0.25) is 0 Å². The standard InChI is InChI=1S/C26H30N2O8/c1-3-31-13-15-33-17-19-35-25(29)21-5-9-23(10-6-21)27-28-24-11-7-22(8-12-24)26(30)36-20-18-34-16-14-32-4-2/h3-12H,1-2,13-20H2. The maximum Gasteiger partial charge on any atom is 0.338 e. The molecule has 0 aromatic heterocycles. The molecular weight excluding hydrogens is 468 g/mol. The first kappa shape index (κ1) is 28.2. The van der Waals surface area contributed by atoms with Crippen LogP contribution in [0.3, 0.4) is 0 Å². The van der Waals surface area contributed by atoms with Crippen LogP contribution in [-0.4, -0.2) is 64.8 Å². The van der Waals surface area contributed by atoms with E-state index in [1.165, 1.54) is 12.5 Å². The van der Waals surface area contributed by atoms with E-state index in [-0.39, 0.29) is 26.4 Å². The van der Waals surface area contributed by atoms with E-state index >= 15 is 0 Å². The molecule has 10 heteroatoms. The van der Waals surface area contributed by atoms with Crippen molar-refractivity contribution in [1.82, 2.24) is 0 Å². The van der Waals surface area contributed by atoms with Gasteiger partial charge in [-0.05, 0) is 48.5 Å². The first-order valence-corrected chi connectivity index (χ1v) is 11.2. The van der Waals surface area contributed by atoms with Crippen molar-refractivity contribution in [1.29, 1.82) is 0 Å². The minimum absolute atomic E-state index is 0.136. The molecule has 0 spiro atoms. The van der Waals surface area contributed by atoms with Crippen molar-refractivity contribution < 1.29 is 38.0 Å². The van der Waals surface area contributed by atoms with Gasteiger partial charge in [-0.1, -0.05) is 13.2 Å². The number of nitrogens with zero attached hydrogens (tertiary/aromatic N) is 2. The molecule has 0 aliphatic rings. The second-order valence-electron chi connectivity index (χ2n) is 6.87. The maximum absolute atomic E-state index is 12.1. The van der Waals surface area contributed by atoms with E-state index in [1.54, 1.807) is 48.5 Å². The summed E-state index contributed by atoms with van der Waals surface area (Å²) < 4.78 is 30.7. The Morgan fingerprint density at radius 1 is 0.583 bits per heavy atom. The maximum atomic E-state index is 12.1. The summed E-state index contributed by atoms with van der Waals surface area (Å²) in [6, 6.07) is 13.0. The number of esters is 2. The Morgan fingerprint density at radius 3 is 1.31 bits per heavy atom. The minimum Gasteiger partial charge on any atom is -0.499 e. The average Bonchev–Trinajstić information content (AvgIpc) is 2.91. The number of carbonyl (C=O) groups is 2. The first-order chi connectivity index (χ1) is 17.6. The quantitative estimate of drug-likeness (QED) is 0.125. The van der Waals surface area contributed by atoms with Gasteiger partial charge in [-0.25, -0.2) is 9.59 Å². The zero-order valence-corrected chi connectivity index (χ0v) is 20.0. The highest BCUT2D eigenvalue weighted by molar-refractivity contribution is 5.90. The minimum atomic E-state index is -0.458. The van der Waals surface area contributed by atoms with Crippen molar-refractivity contribution in [3.8, 4) is 0 Å². The van der Waals surface area contributed by atoms with Crippen LogP contribution in [0.25, 0.3) is 0 Å². The van der Waals surface area contributed by atoms with Gasteiger partial charge in [0.05, 0.1) is 61.5 Å². The molecule has 0 fully saturated rings. The second-order valence-corrected chi connectivity index (χ2v) is 6.87. The van der Waals surface area contributed by atoms with Crippen LogP contribution in [0.2, 0.25) is 0 Å². The molecular formula is C26H30N2O8. The number of ether oxygens (including phenoxy) is 6. The van der Waals surface area contributed by atoms with Gasteiger partial charge >= 0.3 is 11.9 Å². The van der Waals surface area contributed by atoms with Gasteiger partial charge in [0, 0.05) is 0 Å². The van der Waals surface area contributed by atoms with Crippen molar-refractivity contribution >= 4 is 23.3 Å². The van der Waals surface area contributed by atoms with Crippen LogP contribution in [0.1, 0.15) is 20.7 Å². The number of rotatable bonds is 18. The van der Waals surface area contributed by atoms with Gasteiger partial charge in [0.25, 0.3) is 0 Å². The summed E-state index contributed by atoms with van der Waals surface area (Å²) in [6.45, 7) is 9.25. The molecule has 0 heterocycles. The lowest BCUT2D eigenvalue weighted by Crippen LogP contribution is -2.12. The van der Waals surface area contributed by atoms with E-state index in [0.717, 1.165) is 0 Å². The molecule has 0 radical (unpaired) electrons. The predicted octanol–water partition coefficient (Wildman–Crippen LogP) is 4.77. The Hall–Kier alpha value is -4.02. The molecule has 192 valence electrons.